The van der Waals surface area contributed by atoms with Gasteiger partial charge in [0.25, 0.3) is 0 Å². The Morgan fingerprint density at radius 1 is 1.33 bits per heavy atom. The highest BCUT2D eigenvalue weighted by Crippen LogP contribution is 2.30. The number of benzene rings is 1. The van der Waals surface area contributed by atoms with Crippen molar-refractivity contribution in [1.82, 2.24) is 0 Å². The first kappa shape index (κ1) is 9.77. The zero-order valence-electron chi connectivity index (χ0n) is 8.74. The van der Waals surface area contributed by atoms with Gasteiger partial charge in [-0.1, -0.05) is 12.1 Å². The maximum atomic E-state index is 11.4. The zero-order valence-corrected chi connectivity index (χ0v) is 8.74. The fourth-order valence-corrected chi connectivity index (χ4v) is 1.75. The van der Waals surface area contributed by atoms with Gasteiger partial charge in [0.05, 0.1) is 19.8 Å². The van der Waals surface area contributed by atoms with Crippen LogP contribution in [-0.2, 0) is 16.0 Å². The highest BCUT2D eigenvalue weighted by Gasteiger charge is 2.20. The minimum absolute atomic E-state index is 0.279. The van der Waals surface area contributed by atoms with E-state index in [1.807, 2.05) is 24.3 Å². The summed E-state index contributed by atoms with van der Waals surface area (Å²) in [5.41, 5.74) is 2.70. The van der Waals surface area contributed by atoms with Crippen molar-refractivity contribution in [2.75, 3.05) is 14.2 Å². The van der Waals surface area contributed by atoms with Crippen molar-refractivity contribution in [2.24, 2.45) is 0 Å². The zero-order chi connectivity index (χ0) is 10.8. The lowest BCUT2D eigenvalue weighted by molar-refractivity contribution is -0.133. The normalized spacial score (nSPS) is 13.1. The summed E-state index contributed by atoms with van der Waals surface area (Å²) in [6, 6.07) is 5.69. The van der Waals surface area contributed by atoms with Crippen LogP contribution >= 0.6 is 0 Å². The Hall–Kier alpha value is -1.77. The van der Waals surface area contributed by atoms with Crippen molar-refractivity contribution in [3.05, 3.63) is 35.4 Å². The van der Waals surface area contributed by atoms with Gasteiger partial charge in [-0.25, -0.2) is 4.79 Å². The van der Waals surface area contributed by atoms with Gasteiger partial charge in [0.2, 0.25) is 0 Å². The third-order valence-electron chi connectivity index (χ3n) is 2.53. The van der Waals surface area contributed by atoms with Crippen molar-refractivity contribution >= 4 is 11.5 Å². The van der Waals surface area contributed by atoms with Gasteiger partial charge < -0.3 is 9.47 Å². The molecule has 0 N–H and O–H groups in total. The average Bonchev–Trinajstić information content (AvgIpc) is 2.70. The van der Waals surface area contributed by atoms with Crippen molar-refractivity contribution < 1.29 is 14.3 Å². The summed E-state index contributed by atoms with van der Waals surface area (Å²) in [6.45, 7) is 0. The molecule has 1 aromatic rings. The van der Waals surface area contributed by atoms with E-state index in [0.717, 1.165) is 23.3 Å². The van der Waals surface area contributed by atoms with Crippen LogP contribution in [0.4, 0.5) is 0 Å². The van der Waals surface area contributed by atoms with E-state index in [1.54, 1.807) is 7.11 Å². The van der Waals surface area contributed by atoms with Crippen molar-refractivity contribution in [1.29, 1.82) is 0 Å². The minimum Gasteiger partial charge on any atom is -0.497 e. The first-order chi connectivity index (χ1) is 7.26. The van der Waals surface area contributed by atoms with E-state index in [4.69, 9.17) is 9.47 Å². The molecule has 0 fully saturated rings. The standard InChI is InChI=1S/C12H12O3/c1-14-9-4-6-10-8(7-9)3-5-11(10)12(13)15-2/h4-7H,3H2,1-2H3. The van der Waals surface area contributed by atoms with Gasteiger partial charge in [-0.3, -0.25) is 0 Å². The van der Waals surface area contributed by atoms with Gasteiger partial charge in [0.1, 0.15) is 5.75 Å². The summed E-state index contributed by atoms with van der Waals surface area (Å²) in [5.74, 6) is 0.534. The van der Waals surface area contributed by atoms with E-state index in [1.165, 1.54) is 7.11 Å². The molecule has 0 saturated heterocycles. The highest BCUT2D eigenvalue weighted by molar-refractivity contribution is 6.18. The number of allylic oxidation sites excluding steroid dienone is 1. The molecule has 1 aliphatic rings. The fourth-order valence-electron chi connectivity index (χ4n) is 1.75. The van der Waals surface area contributed by atoms with Crippen LogP contribution in [0, 0.1) is 0 Å². The average molecular weight is 204 g/mol. The van der Waals surface area contributed by atoms with E-state index >= 15 is 0 Å². The molecule has 3 nitrogen and oxygen atoms in total. The number of methoxy groups -OCH3 is 2. The Labute approximate surface area is 88.3 Å². The van der Waals surface area contributed by atoms with Crippen LogP contribution in [0.15, 0.2) is 24.3 Å². The van der Waals surface area contributed by atoms with Gasteiger partial charge >= 0.3 is 5.97 Å². The van der Waals surface area contributed by atoms with Gasteiger partial charge in [-0.05, 0) is 29.7 Å². The SMILES string of the molecule is COC(=O)C1=CCc2cc(OC)ccc21. The molecule has 0 aliphatic heterocycles. The second kappa shape index (κ2) is 3.77. The molecule has 0 radical (unpaired) electrons. The summed E-state index contributed by atoms with van der Waals surface area (Å²) in [7, 11) is 3.02. The smallest absolute Gasteiger partial charge is 0.338 e. The molecule has 1 aromatic carbocycles. The molecule has 0 unspecified atom stereocenters. The van der Waals surface area contributed by atoms with E-state index in [-0.39, 0.29) is 5.97 Å². The van der Waals surface area contributed by atoms with E-state index in [9.17, 15) is 4.79 Å². The Kier molecular flexibility index (Phi) is 2.46. The van der Waals surface area contributed by atoms with E-state index < -0.39 is 0 Å². The molecule has 0 saturated carbocycles. The van der Waals surface area contributed by atoms with Crippen LogP contribution in [0.5, 0.6) is 5.75 Å². The molecule has 3 heteroatoms. The molecule has 78 valence electrons. The molecule has 0 amide bonds. The minimum atomic E-state index is -0.279. The largest absolute Gasteiger partial charge is 0.497 e. The second-order valence-corrected chi connectivity index (χ2v) is 3.34. The van der Waals surface area contributed by atoms with E-state index in [0.29, 0.717) is 5.57 Å². The van der Waals surface area contributed by atoms with Gasteiger partial charge in [0, 0.05) is 0 Å². The van der Waals surface area contributed by atoms with E-state index in [2.05, 4.69) is 0 Å². The third kappa shape index (κ3) is 1.61. The molecule has 0 atom stereocenters. The Bertz CT molecular complexity index is 432. The summed E-state index contributed by atoms with van der Waals surface area (Å²) in [5, 5.41) is 0. The van der Waals surface area contributed by atoms with Crippen molar-refractivity contribution in [3.63, 3.8) is 0 Å². The monoisotopic (exact) mass is 204 g/mol. The molecule has 0 aromatic heterocycles. The number of carbonyl (C=O) groups excluding carboxylic acids is 1. The first-order valence-corrected chi connectivity index (χ1v) is 4.72. The molecular weight excluding hydrogens is 192 g/mol. The second-order valence-electron chi connectivity index (χ2n) is 3.34. The fraction of sp³-hybridized carbons (Fsp3) is 0.250. The number of esters is 1. The topological polar surface area (TPSA) is 35.5 Å². The molecule has 0 heterocycles. The summed E-state index contributed by atoms with van der Waals surface area (Å²) >= 11 is 0. The van der Waals surface area contributed by atoms with Crippen LogP contribution < -0.4 is 4.74 Å². The molecule has 15 heavy (non-hydrogen) atoms. The summed E-state index contributed by atoms with van der Waals surface area (Å²) in [4.78, 5) is 11.4. The number of hydrogen-bond acceptors (Lipinski definition) is 3. The lowest BCUT2D eigenvalue weighted by Gasteiger charge is -2.05. The Morgan fingerprint density at radius 3 is 2.80 bits per heavy atom. The lowest BCUT2D eigenvalue weighted by atomic mass is 10.1. The van der Waals surface area contributed by atoms with Crippen molar-refractivity contribution in [2.45, 2.75) is 6.42 Å². The van der Waals surface area contributed by atoms with Crippen LogP contribution in [-0.4, -0.2) is 20.2 Å². The van der Waals surface area contributed by atoms with Crippen LogP contribution in [0.25, 0.3) is 5.57 Å². The number of carbonyl (C=O) groups is 1. The van der Waals surface area contributed by atoms with Crippen molar-refractivity contribution in [3.8, 4) is 5.75 Å². The molecular formula is C12H12O3. The molecule has 1 aliphatic carbocycles. The molecule has 0 bridgehead atoms. The third-order valence-corrected chi connectivity index (χ3v) is 2.53. The predicted octanol–water partition coefficient (Wildman–Crippen LogP) is 1.81. The maximum Gasteiger partial charge on any atom is 0.338 e. The Balaban J connectivity index is 2.37. The number of hydrogen-bond donors (Lipinski definition) is 0. The van der Waals surface area contributed by atoms with Crippen LogP contribution in [0.2, 0.25) is 0 Å². The molecule has 2 rings (SSSR count). The van der Waals surface area contributed by atoms with Gasteiger partial charge in [-0.2, -0.15) is 0 Å². The quantitative estimate of drug-likeness (QED) is 0.689. The number of ether oxygens (including phenoxy) is 2. The lowest BCUT2D eigenvalue weighted by Crippen LogP contribution is -2.02. The van der Waals surface area contributed by atoms with Gasteiger partial charge in [-0.15, -0.1) is 0 Å². The highest BCUT2D eigenvalue weighted by atomic mass is 16.5. The summed E-state index contributed by atoms with van der Waals surface area (Å²) < 4.78 is 9.83. The maximum absolute atomic E-state index is 11.4. The van der Waals surface area contributed by atoms with Crippen LogP contribution in [0.3, 0.4) is 0 Å². The number of rotatable bonds is 2. The number of fused-ring (bicyclic) bond motifs is 1. The Morgan fingerprint density at radius 2 is 2.13 bits per heavy atom. The molecule has 0 spiro atoms. The summed E-state index contributed by atoms with van der Waals surface area (Å²) in [6.07, 6.45) is 2.65. The van der Waals surface area contributed by atoms with Crippen LogP contribution in [0.1, 0.15) is 11.1 Å². The predicted molar refractivity (Wildman–Crippen MR) is 56.7 cm³/mol. The van der Waals surface area contributed by atoms with Gasteiger partial charge in [0.15, 0.2) is 0 Å². The first-order valence-electron chi connectivity index (χ1n) is 4.72.